The predicted octanol–water partition coefficient (Wildman–Crippen LogP) is 4.07. The van der Waals surface area contributed by atoms with Gasteiger partial charge in [-0.15, -0.1) is 11.3 Å². The summed E-state index contributed by atoms with van der Waals surface area (Å²) in [7, 11) is 0. The molecule has 1 aromatic rings. The molecule has 20 heavy (non-hydrogen) atoms. The van der Waals surface area contributed by atoms with Crippen molar-refractivity contribution in [2.45, 2.75) is 73.5 Å². The number of aromatic nitrogens is 1. The van der Waals surface area contributed by atoms with Crippen molar-refractivity contribution in [3.05, 3.63) is 10.6 Å². The average Bonchev–Trinajstić information content (AvgIpc) is 2.75. The lowest BCUT2D eigenvalue weighted by atomic mass is 10.2. The molecular formula is C16H31N3S. The van der Waals surface area contributed by atoms with Crippen LogP contribution in [0.1, 0.15) is 59.0 Å². The summed E-state index contributed by atoms with van der Waals surface area (Å²) in [6.45, 7) is 17.6. The SMILES string of the molecule is CCc1nc(N(CC(C)C)C(C)C)sc1CNC(C)C. The maximum atomic E-state index is 4.89. The molecule has 0 saturated heterocycles. The fourth-order valence-electron chi connectivity index (χ4n) is 2.11. The van der Waals surface area contributed by atoms with Crippen LogP contribution in [0.15, 0.2) is 0 Å². The van der Waals surface area contributed by atoms with E-state index in [1.54, 1.807) is 0 Å². The second-order valence-electron chi connectivity index (χ2n) is 6.40. The summed E-state index contributed by atoms with van der Waals surface area (Å²) in [6, 6.07) is 1.02. The van der Waals surface area contributed by atoms with Crippen LogP contribution in [0.4, 0.5) is 5.13 Å². The Morgan fingerprint density at radius 1 is 1.15 bits per heavy atom. The summed E-state index contributed by atoms with van der Waals surface area (Å²) < 4.78 is 0. The van der Waals surface area contributed by atoms with Crippen LogP contribution in [0.5, 0.6) is 0 Å². The zero-order chi connectivity index (χ0) is 15.3. The van der Waals surface area contributed by atoms with Gasteiger partial charge in [-0.25, -0.2) is 4.98 Å². The molecule has 0 aromatic carbocycles. The molecule has 3 nitrogen and oxygen atoms in total. The highest BCUT2D eigenvalue weighted by molar-refractivity contribution is 7.15. The molecule has 0 amide bonds. The minimum Gasteiger partial charge on any atom is -0.345 e. The summed E-state index contributed by atoms with van der Waals surface area (Å²) in [5.41, 5.74) is 1.26. The van der Waals surface area contributed by atoms with Crippen LogP contribution >= 0.6 is 11.3 Å². The van der Waals surface area contributed by atoms with Gasteiger partial charge in [0.1, 0.15) is 0 Å². The monoisotopic (exact) mass is 297 g/mol. The topological polar surface area (TPSA) is 28.2 Å². The Hall–Kier alpha value is -0.610. The van der Waals surface area contributed by atoms with Crippen LogP contribution in [-0.2, 0) is 13.0 Å². The third-order valence-corrected chi connectivity index (χ3v) is 4.34. The second-order valence-corrected chi connectivity index (χ2v) is 7.46. The first-order valence-electron chi connectivity index (χ1n) is 7.83. The lowest BCUT2D eigenvalue weighted by Crippen LogP contribution is -2.34. The largest absolute Gasteiger partial charge is 0.345 e. The van der Waals surface area contributed by atoms with E-state index in [9.17, 15) is 0 Å². The zero-order valence-electron chi connectivity index (χ0n) is 14.2. The maximum absolute atomic E-state index is 4.89. The summed E-state index contributed by atoms with van der Waals surface area (Å²) in [5, 5.41) is 4.70. The molecule has 116 valence electrons. The van der Waals surface area contributed by atoms with Gasteiger partial charge in [0.2, 0.25) is 0 Å². The van der Waals surface area contributed by atoms with E-state index in [1.807, 2.05) is 11.3 Å². The van der Waals surface area contributed by atoms with Gasteiger partial charge >= 0.3 is 0 Å². The number of anilines is 1. The van der Waals surface area contributed by atoms with Crippen LogP contribution in [0.3, 0.4) is 0 Å². The van der Waals surface area contributed by atoms with E-state index in [2.05, 4.69) is 58.7 Å². The van der Waals surface area contributed by atoms with E-state index in [0.717, 1.165) is 19.5 Å². The van der Waals surface area contributed by atoms with E-state index in [-0.39, 0.29) is 0 Å². The quantitative estimate of drug-likeness (QED) is 0.784. The molecule has 0 bridgehead atoms. The van der Waals surface area contributed by atoms with Gasteiger partial charge in [-0.3, -0.25) is 0 Å². The second kappa shape index (κ2) is 7.99. The molecule has 0 unspecified atom stereocenters. The Morgan fingerprint density at radius 2 is 1.80 bits per heavy atom. The molecule has 0 fully saturated rings. The molecule has 1 heterocycles. The lowest BCUT2D eigenvalue weighted by Gasteiger charge is -2.27. The van der Waals surface area contributed by atoms with Gasteiger partial charge in [-0.1, -0.05) is 34.6 Å². The molecule has 0 saturated carbocycles. The standard InChI is InChI=1S/C16H31N3S/c1-8-14-15(9-17-12(4)5)20-16(18-14)19(13(6)7)10-11(2)3/h11-13,17H,8-10H2,1-7H3. The van der Waals surface area contributed by atoms with Gasteiger partial charge in [0.25, 0.3) is 0 Å². The van der Waals surface area contributed by atoms with Crippen molar-refractivity contribution in [3.63, 3.8) is 0 Å². The first-order chi connectivity index (χ1) is 9.35. The third-order valence-electron chi connectivity index (χ3n) is 3.20. The average molecular weight is 298 g/mol. The number of aryl methyl sites for hydroxylation is 1. The molecule has 0 spiro atoms. The van der Waals surface area contributed by atoms with Crippen LogP contribution in [0.25, 0.3) is 0 Å². The Labute approximate surface area is 128 Å². The van der Waals surface area contributed by atoms with Gasteiger partial charge in [-0.2, -0.15) is 0 Å². The Balaban J connectivity index is 2.93. The Kier molecular flexibility index (Phi) is 6.96. The summed E-state index contributed by atoms with van der Waals surface area (Å²) in [6.07, 6.45) is 1.01. The number of hydrogen-bond donors (Lipinski definition) is 1. The van der Waals surface area contributed by atoms with Gasteiger partial charge in [-0.05, 0) is 26.2 Å². The van der Waals surface area contributed by atoms with Crippen LogP contribution in [-0.4, -0.2) is 23.6 Å². The Bertz CT molecular complexity index is 396. The zero-order valence-corrected chi connectivity index (χ0v) is 15.0. The third kappa shape index (κ3) is 5.06. The molecule has 0 radical (unpaired) electrons. The molecule has 1 aromatic heterocycles. The maximum Gasteiger partial charge on any atom is 0.186 e. The van der Waals surface area contributed by atoms with E-state index >= 15 is 0 Å². The molecule has 0 aliphatic rings. The van der Waals surface area contributed by atoms with Crippen LogP contribution in [0, 0.1) is 5.92 Å². The molecular weight excluding hydrogens is 266 g/mol. The fourth-order valence-corrected chi connectivity index (χ4v) is 3.35. The first kappa shape index (κ1) is 17.4. The van der Waals surface area contributed by atoms with Crippen LogP contribution < -0.4 is 10.2 Å². The van der Waals surface area contributed by atoms with Crippen molar-refractivity contribution in [2.75, 3.05) is 11.4 Å². The molecule has 0 atom stereocenters. The number of nitrogens with one attached hydrogen (secondary N) is 1. The van der Waals surface area contributed by atoms with Gasteiger partial charge < -0.3 is 10.2 Å². The van der Waals surface area contributed by atoms with Crippen molar-refractivity contribution in [3.8, 4) is 0 Å². The smallest absolute Gasteiger partial charge is 0.186 e. The van der Waals surface area contributed by atoms with E-state index in [0.29, 0.717) is 18.0 Å². The van der Waals surface area contributed by atoms with Crippen molar-refractivity contribution in [2.24, 2.45) is 5.92 Å². The molecule has 0 aliphatic heterocycles. The van der Waals surface area contributed by atoms with Gasteiger partial charge in [0.15, 0.2) is 5.13 Å². The lowest BCUT2D eigenvalue weighted by molar-refractivity contribution is 0.569. The van der Waals surface area contributed by atoms with Crippen molar-refractivity contribution >= 4 is 16.5 Å². The highest BCUT2D eigenvalue weighted by Crippen LogP contribution is 2.29. The summed E-state index contributed by atoms with van der Waals surface area (Å²) in [4.78, 5) is 8.72. The van der Waals surface area contributed by atoms with E-state index < -0.39 is 0 Å². The molecule has 4 heteroatoms. The summed E-state index contributed by atoms with van der Waals surface area (Å²) >= 11 is 1.86. The minimum atomic E-state index is 0.499. The molecule has 0 aliphatic carbocycles. The normalized spacial score (nSPS) is 11.9. The first-order valence-corrected chi connectivity index (χ1v) is 8.65. The fraction of sp³-hybridized carbons (Fsp3) is 0.812. The van der Waals surface area contributed by atoms with E-state index in [4.69, 9.17) is 4.98 Å². The molecule has 1 rings (SSSR count). The molecule has 1 N–H and O–H groups in total. The van der Waals surface area contributed by atoms with Gasteiger partial charge in [0, 0.05) is 30.1 Å². The van der Waals surface area contributed by atoms with Crippen LogP contribution in [0.2, 0.25) is 0 Å². The van der Waals surface area contributed by atoms with Gasteiger partial charge in [0.05, 0.1) is 5.69 Å². The highest BCUT2D eigenvalue weighted by atomic mass is 32.1. The number of nitrogens with zero attached hydrogens (tertiary/aromatic N) is 2. The number of thiazole rings is 1. The Morgan fingerprint density at radius 3 is 2.25 bits per heavy atom. The van der Waals surface area contributed by atoms with E-state index in [1.165, 1.54) is 15.7 Å². The van der Waals surface area contributed by atoms with Crippen molar-refractivity contribution < 1.29 is 0 Å². The predicted molar refractivity (Wildman–Crippen MR) is 90.8 cm³/mol. The number of hydrogen-bond acceptors (Lipinski definition) is 4. The minimum absolute atomic E-state index is 0.499. The van der Waals surface area contributed by atoms with Crippen molar-refractivity contribution in [1.29, 1.82) is 0 Å². The number of rotatable bonds is 8. The summed E-state index contributed by atoms with van der Waals surface area (Å²) in [5.74, 6) is 0.656. The van der Waals surface area contributed by atoms with Crippen molar-refractivity contribution in [1.82, 2.24) is 10.3 Å². The highest BCUT2D eigenvalue weighted by Gasteiger charge is 2.18.